The number of rotatable bonds is 34. The van der Waals surface area contributed by atoms with Gasteiger partial charge in [-0.2, -0.15) is 0 Å². The zero-order valence-electron chi connectivity index (χ0n) is 63.6. The number of imide groups is 2. The summed E-state index contributed by atoms with van der Waals surface area (Å²) in [4.78, 5) is 144. The molecule has 7 heterocycles. The fourth-order valence-electron chi connectivity index (χ4n) is 14.5. The van der Waals surface area contributed by atoms with Crippen LogP contribution in [0, 0.1) is 11.8 Å². The van der Waals surface area contributed by atoms with Gasteiger partial charge in [-0.1, -0.05) is 108 Å². The van der Waals surface area contributed by atoms with Crippen molar-refractivity contribution >= 4 is 104 Å². The lowest BCUT2D eigenvalue weighted by atomic mass is 9.87. The van der Waals surface area contributed by atoms with E-state index in [9.17, 15) is 53.4 Å². The van der Waals surface area contributed by atoms with Crippen LogP contribution in [0.3, 0.4) is 0 Å². The van der Waals surface area contributed by atoms with E-state index in [1.807, 2.05) is 115 Å². The van der Waals surface area contributed by atoms with Gasteiger partial charge in [0.1, 0.15) is 30.0 Å². The van der Waals surface area contributed by atoms with Gasteiger partial charge in [-0.3, -0.25) is 48.2 Å². The number of thioether (sulfide) groups is 2. The molecule has 4 fully saturated rings. The van der Waals surface area contributed by atoms with Gasteiger partial charge >= 0.3 is 6.03 Å². The van der Waals surface area contributed by atoms with Crippen LogP contribution in [0.2, 0.25) is 0 Å². The first kappa shape index (κ1) is 81.2. The number of primary amides is 1. The number of methoxy groups -OCH3 is 1. The molecule has 31 heteroatoms. The Morgan fingerprint density at radius 1 is 0.746 bits per heavy atom. The number of H-pyrrole nitrogens is 1. The second kappa shape index (κ2) is 37.0. The summed E-state index contributed by atoms with van der Waals surface area (Å²) < 4.78 is 25.4. The number of aliphatic hydroxyl groups excluding tert-OH is 2. The molecule has 9 amide bonds. The summed E-state index contributed by atoms with van der Waals surface area (Å²) in [7, 11) is 3.19. The number of carbonyl (C=O) groups excluding carboxylic acids is 8. The molecule has 0 bridgehead atoms. The quantitative estimate of drug-likeness (QED) is 0.0130. The summed E-state index contributed by atoms with van der Waals surface area (Å²) in [6.45, 7) is 3.83. The van der Waals surface area contributed by atoms with Crippen LogP contribution < -0.4 is 47.1 Å². The summed E-state index contributed by atoms with van der Waals surface area (Å²) in [5.74, 6) is 2.14. The van der Waals surface area contributed by atoms with Crippen molar-refractivity contribution in [2.24, 2.45) is 12.8 Å². The first-order chi connectivity index (χ1) is 55.2. The fourth-order valence-corrected chi connectivity index (χ4v) is 16.6. The number of benzene rings is 5. The number of carbonyl (C=O) groups is 8. The zero-order chi connectivity index (χ0) is 80.0. The fraction of sp³-hybridized carbons (Fsp3) is 0.386. The first-order valence-electron chi connectivity index (χ1n) is 38.1. The maximum atomic E-state index is 14.2. The minimum absolute atomic E-state index is 0.0132. The number of aliphatic hydroxyl groups is 2. The Morgan fingerprint density at radius 3 is 2.07 bits per heavy atom. The molecule has 3 aromatic heterocycles. The SMILES string of the molecule is COc1ccc(C#CCNC2(C)CCN(C3CCN(c4nc([C@@](CO)(OC5CC5)c5ccccc5)c5cc(-c6cn(C)c(=O)c7[nH]ccc67)ccc5n4)CC3)CC2)cc1N1CCC(=O)N(CNC(=O)C(CC(N)=O)NC(=O)[C@H](CO)NC(=O)CCOCCOCCN2C(=O)C(Sc3ccccc3)=C(Sc3ccccc3)C2=O)C1=O. The Hall–Kier alpha value is -10.8. The third-order valence-corrected chi connectivity index (χ3v) is 23.3. The van der Waals surface area contributed by atoms with Crippen LogP contribution in [0.4, 0.5) is 16.4 Å². The topological polar surface area (TPSA) is 368 Å². The highest BCUT2D eigenvalue weighted by Gasteiger charge is 2.45. The van der Waals surface area contributed by atoms with Crippen LogP contribution >= 0.6 is 23.5 Å². The monoisotopic (exact) mass is 1590 g/mol. The number of anilines is 2. The minimum Gasteiger partial charge on any atom is -0.495 e. The van der Waals surface area contributed by atoms with Crippen molar-refractivity contribution in [1.82, 2.24) is 55.5 Å². The zero-order valence-corrected chi connectivity index (χ0v) is 65.2. The molecule has 4 aliphatic heterocycles. The molecule has 13 rings (SSSR count). The number of aryl methyl sites for hydroxylation is 1. The van der Waals surface area contributed by atoms with E-state index in [4.69, 9.17) is 34.6 Å². The Balaban J connectivity index is 0.557. The number of hydrogen-bond donors (Lipinski definition) is 8. The number of pyridine rings is 1. The summed E-state index contributed by atoms with van der Waals surface area (Å²) >= 11 is 2.45. The number of amides is 9. The summed E-state index contributed by atoms with van der Waals surface area (Å²) in [5.41, 5.74) is 9.13. The maximum absolute atomic E-state index is 14.2. The van der Waals surface area contributed by atoms with Crippen LogP contribution in [-0.2, 0) is 60.4 Å². The molecule has 1 unspecified atom stereocenters. The van der Waals surface area contributed by atoms with E-state index < -0.39 is 84.8 Å². The average Bonchev–Trinajstić information content (AvgIpc) is 1.17. The maximum Gasteiger partial charge on any atom is 0.332 e. The molecule has 0 spiro atoms. The van der Waals surface area contributed by atoms with Crippen LogP contribution in [0.25, 0.3) is 32.9 Å². The molecular formula is C83H92N14O15S2. The van der Waals surface area contributed by atoms with Gasteiger partial charge < -0.3 is 75.5 Å². The van der Waals surface area contributed by atoms with Gasteiger partial charge in [-0.15, -0.1) is 0 Å². The van der Waals surface area contributed by atoms with Crippen molar-refractivity contribution in [2.75, 3.05) is 109 Å². The number of likely N-dealkylation sites (tertiary alicyclic amines) is 1. The van der Waals surface area contributed by atoms with E-state index in [1.165, 1.54) is 35.5 Å². The van der Waals surface area contributed by atoms with Gasteiger partial charge in [-0.25, -0.2) is 19.7 Å². The molecule has 1 aliphatic carbocycles. The Morgan fingerprint density at radius 2 is 1.42 bits per heavy atom. The molecule has 29 nitrogen and oxygen atoms in total. The standard InChI is InChI=1S/C83H92N14O15S2/c1-82(32-39-93(40-33-82)56-28-36-94(37-29-56)80-90-63-25-22-54(62-49-92(2)77(105)71-60(62)27-35-85-71)47-61(63)74(91-80)83(51-99,112-57-23-24-57)55-15-7-4-8-16-55)87-34-13-14-53-21-26-67(109-3)66(46-53)95-38-30-70(102)97(81(95)108)52-86-75(103)64(48-68(84)100)89-76(104)65(50-98)88-69(101)31-42-110-44-45-111-43-41-96-78(106)72(113-58-17-9-5-10-18-58)73(79(96)107)114-59-19-11-6-12-20-59/h4-12,15-22,25-27,35,46-47,49,56-57,64-65,85,87,98-99H,23-24,28-34,36-45,48,50-52H2,1-3H3,(H2,84,100)(H,86,103)(H,88,101)(H,89,104)/t64?,65-,83-/m0/s1. The van der Waals surface area contributed by atoms with Gasteiger partial charge in [0.25, 0.3) is 17.4 Å². The Kier molecular flexibility index (Phi) is 26.4. The first-order valence-corrected chi connectivity index (χ1v) is 39.7. The second-order valence-electron chi connectivity index (χ2n) is 28.8. The van der Waals surface area contributed by atoms with E-state index in [1.54, 1.807) is 36.0 Å². The highest BCUT2D eigenvalue weighted by Crippen LogP contribution is 2.45. The Labute approximate surface area is 667 Å². The molecule has 9 N–H and O–H groups in total. The van der Waals surface area contributed by atoms with Crippen molar-refractivity contribution < 1.29 is 67.5 Å². The number of nitrogens with one attached hydrogen (secondary N) is 5. The van der Waals surface area contributed by atoms with E-state index in [-0.39, 0.29) is 76.2 Å². The second-order valence-corrected chi connectivity index (χ2v) is 31.0. The number of piperidine rings is 2. The number of hydrogen-bond acceptors (Lipinski definition) is 22. The van der Waals surface area contributed by atoms with Crippen molar-refractivity contribution in [2.45, 2.75) is 110 Å². The Bertz CT molecular complexity index is 4980. The van der Waals surface area contributed by atoms with Crippen molar-refractivity contribution in [1.29, 1.82) is 0 Å². The molecule has 596 valence electrons. The van der Waals surface area contributed by atoms with E-state index in [0.717, 1.165) is 117 Å². The normalized spacial score (nSPS) is 17.2. The lowest BCUT2D eigenvalue weighted by Gasteiger charge is -2.45. The van der Waals surface area contributed by atoms with Crippen molar-refractivity contribution in [3.8, 4) is 28.7 Å². The highest BCUT2D eigenvalue weighted by atomic mass is 32.2. The predicted molar refractivity (Wildman–Crippen MR) is 429 cm³/mol. The number of urea groups is 1. The molecule has 8 aromatic rings. The van der Waals surface area contributed by atoms with Crippen LogP contribution in [0.1, 0.15) is 81.5 Å². The molecule has 5 aromatic carbocycles. The molecule has 114 heavy (non-hydrogen) atoms. The van der Waals surface area contributed by atoms with E-state index in [2.05, 4.69) is 60.9 Å². The summed E-state index contributed by atoms with van der Waals surface area (Å²) in [6, 6.07) is 37.8. The van der Waals surface area contributed by atoms with Gasteiger partial charge in [0.15, 0.2) is 5.60 Å². The minimum atomic E-state index is -1.66. The molecule has 3 atom stereocenters. The molecule has 5 aliphatic rings. The number of ether oxygens (including phenoxy) is 4. The third-order valence-electron chi connectivity index (χ3n) is 21.0. The van der Waals surface area contributed by atoms with Crippen molar-refractivity contribution in [3.05, 3.63) is 183 Å². The number of aromatic nitrogens is 4. The smallest absolute Gasteiger partial charge is 0.332 e. The number of aromatic amines is 1. The van der Waals surface area contributed by atoms with Crippen LogP contribution in [0.15, 0.2) is 170 Å². The molecular weight excluding hydrogens is 1500 g/mol. The molecule has 1 saturated carbocycles. The molecule has 0 radical (unpaired) electrons. The van der Waals surface area contributed by atoms with E-state index >= 15 is 0 Å². The van der Waals surface area contributed by atoms with Gasteiger partial charge in [0.05, 0.1) is 99.1 Å². The van der Waals surface area contributed by atoms with Gasteiger partial charge in [0, 0.05) is 108 Å². The van der Waals surface area contributed by atoms with Gasteiger partial charge in [0.2, 0.25) is 35.5 Å². The summed E-state index contributed by atoms with van der Waals surface area (Å²) in [5, 5.41) is 34.2. The molecule has 3 saturated heterocycles. The van der Waals surface area contributed by atoms with Crippen molar-refractivity contribution in [3.63, 3.8) is 0 Å². The number of fused-ring (bicyclic) bond motifs is 2. The number of nitrogens with two attached hydrogens (primary N) is 1. The van der Waals surface area contributed by atoms with Gasteiger partial charge in [-0.05, 0) is 117 Å². The predicted octanol–water partition coefficient (Wildman–Crippen LogP) is 6.02. The van der Waals surface area contributed by atoms with Crippen LogP contribution in [0.5, 0.6) is 5.75 Å². The largest absolute Gasteiger partial charge is 0.495 e. The lowest BCUT2D eigenvalue weighted by Crippen LogP contribution is -2.59. The highest BCUT2D eigenvalue weighted by molar-refractivity contribution is 8.08. The van der Waals surface area contributed by atoms with E-state index in [0.29, 0.717) is 56.6 Å². The third kappa shape index (κ3) is 19.0. The summed E-state index contributed by atoms with van der Waals surface area (Å²) in [6.07, 6.45) is 7.79. The lowest BCUT2D eigenvalue weighted by molar-refractivity contribution is -0.138. The van der Waals surface area contributed by atoms with Crippen LogP contribution in [-0.4, -0.2) is 221 Å². The number of nitrogens with zero attached hydrogens (tertiary/aromatic N) is 8. The average molecular weight is 1590 g/mol.